The summed E-state index contributed by atoms with van der Waals surface area (Å²) in [5.41, 5.74) is 4.14. The number of carbonyl (C=O) groups excluding carboxylic acids is 1. The van der Waals surface area contributed by atoms with E-state index in [1.165, 1.54) is 16.4 Å². The van der Waals surface area contributed by atoms with Crippen molar-refractivity contribution in [1.29, 1.82) is 5.26 Å². The third kappa shape index (κ3) is 5.70. The van der Waals surface area contributed by atoms with E-state index in [0.29, 0.717) is 48.9 Å². The van der Waals surface area contributed by atoms with Crippen LogP contribution in [0, 0.1) is 11.3 Å². The second-order valence-electron chi connectivity index (χ2n) is 7.11. The minimum absolute atomic E-state index is 0.199. The van der Waals surface area contributed by atoms with E-state index < -0.39 is 22.0 Å². The SMILES string of the molecule is C/C(=N\NC(=O)C(C)Oc1ccc(C#N)cc1)c1ccc(S(=O)(=O)N2CCOCC2)cc1. The molecule has 10 heteroatoms. The number of benzene rings is 2. The highest BCUT2D eigenvalue weighted by molar-refractivity contribution is 7.89. The third-order valence-corrected chi connectivity index (χ3v) is 6.79. The second kappa shape index (κ2) is 10.4. The molecule has 1 N–H and O–H groups in total. The number of amides is 1. The van der Waals surface area contributed by atoms with Crippen LogP contribution in [0.2, 0.25) is 0 Å². The van der Waals surface area contributed by atoms with E-state index in [4.69, 9.17) is 14.7 Å². The number of nitriles is 1. The normalized spacial score (nSPS) is 16.1. The van der Waals surface area contributed by atoms with Gasteiger partial charge in [0.25, 0.3) is 5.91 Å². The summed E-state index contributed by atoms with van der Waals surface area (Å²) in [5.74, 6) is 0.0182. The largest absolute Gasteiger partial charge is 0.481 e. The number of rotatable bonds is 7. The van der Waals surface area contributed by atoms with Crippen LogP contribution in [0.15, 0.2) is 58.5 Å². The van der Waals surface area contributed by atoms with Crippen LogP contribution in [-0.2, 0) is 19.6 Å². The Balaban J connectivity index is 1.60. The molecule has 2 aromatic rings. The van der Waals surface area contributed by atoms with E-state index in [9.17, 15) is 13.2 Å². The van der Waals surface area contributed by atoms with Gasteiger partial charge >= 0.3 is 0 Å². The molecule has 1 aliphatic rings. The monoisotopic (exact) mass is 456 g/mol. The minimum atomic E-state index is -3.57. The van der Waals surface area contributed by atoms with Crippen LogP contribution in [0.4, 0.5) is 0 Å². The molecule has 0 aliphatic carbocycles. The molecule has 1 aliphatic heterocycles. The lowest BCUT2D eigenvalue weighted by molar-refractivity contribution is -0.127. The average Bonchev–Trinajstić information content (AvgIpc) is 2.83. The van der Waals surface area contributed by atoms with Crippen LogP contribution in [0.25, 0.3) is 0 Å². The number of hydrazone groups is 1. The van der Waals surface area contributed by atoms with Gasteiger partial charge < -0.3 is 9.47 Å². The van der Waals surface area contributed by atoms with Crippen molar-refractivity contribution in [2.24, 2.45) is 5.10 Å². The Kier molecular flexibility index (Phi) is 7.58. The molecule has 1 unspecified atom stereocenters. The van der Waals surface area contributed by atoms with Crippen LogP contribution < -0.4 is 10.2 Å². The number of ether oxygens (including phenoxy) is 2. The van der Waals surface area contributed by atoms with Crippen LogP contribution in [0.5, 0.6) is 5.75 Å². The molecule has 168 valence electrons. The molecular weight excluding hydrogens is 432 g/mol. The summed E-state index contributed by atoms with van der Waals surface area (Å²) < 4.78 is 37.6. The molecule has 1 amide bonds. The molecular formula is C22H24N4O5S. The molecule has 2 aromatic carbocycles. The Morgan fingerprint density at radius 3 is 2.38 bits per heavy atom. The lowest BCUT2D eigenvalue weighted by Gasteiger charge is -2.26. The highest BCUT2D eigenvalue weighted by Crippen LogP contribution is 2.18. The van der Waals surface area contributed by atoms with Crippen molar-refractivity contribution in [2.45, 2.75) is 24.8 Å². The first-order valence-corrected chi connectivity index (χ1v) is 11.4. The lowest BCUT2D eigenvalue weighted by atomic mass is 10.1. The molecule has 1 heterocycles. The van der Waals surface area contributed by atoms with E-state index in [1.54, 1.807) is 50.2 Å². The maximum absolute atomic E-state index is 12.7. The molecule has 3 rings (SSSR count). The minimum Gasteiger partial charge on any atom is -0.481 e. The lowest BCUT2D eigenvalue weighted by Crippen LogP contribution is -2.40. The van der Waals surface area contributed by atoms with E-state index in [1.807, 2.05) is 6.07 Å². The molecule has 0 radical (unpaired) electrons. The summed E-state index contributed by atoms with van der Waals surface area (Å²) in [7, 11) is -3.57. The van der Waals surface area contributed by atoms with Crippen molar-refractivity contribution >= 4 is 21.6 Å². The molecule has 0 bridgehead atoms. The number of nitrogens with zero attached hydrogens (tertiary/aromatic N) is 3. The molecule has 0 saturated carbocycles. The molecule has 1 saturated heterocycles. The number of nitrogens with one attached hydrogen (secondary N) is 1. The molecule has 0 aromatic heterocycles. The fourth-order valence-electron chi connectivity index (χ4n) is 2.96. The van der Waals surface area contributed by atoms with Crippen molar-refractivity contribution in [3.8, 4) is 11.8 Å². The van der Waals surface area contributed by atoms with Crippen LogP contribution in [0.1, 0.15) is 25.0 Å². The average molecular weight is 457 g/mol. The van der Waals surface area contributed by atoms with Gasteiger partial charge in [-0.15, -0.1) is 0 Å². The number of sulfonamides is 1. The molecule has 9 nitrogen and oxygen atoms in total. The Hall–Kier alpha value is -3.26. The van der Waals surface area contributed by atoms with Gasteiger partial charge in [0.15, 0.2) is 6.10 Å². The summed E-state index contributed by atoms with van der Waals surface area (Å²) in [6.45, 7) is 4.73. The Labute approximate surface area is 187 Å². The first kappa shape index (κ1) is 23.4. The van der Waals surface area contributed by atoms with Gasteiger partial charge in [0.1, 0.15) is 5.75 Å². The van der Waals surface area contributed by atoms with Crippen molar-refractivity contribution in [2.75, 3.05) is 26.3 Å². The highest BCUT2D eigenvalue weighted by Gasteiger charge is 2.26. The fourth-order valence-corrected chi connectivity index (χ4v) is 4.37. The summed E-state index contributed by atoms with van der Waals surface area (Å²) in [6.07, 6.45) is -0.805. The fraction of sp³-hybridized carbons (Fsp3) is 0.318. The van der Waals surface area contributed by atoms with Gasteiger partial charge in [-0.3, -0.25) is 4.79 Å². The molecule has 1 fully saturated rings. The van der Waals surface area contributed by atoms with E-state index in [-0.39, 0.29) is 4.90 Å². The Bertz CT molecular complexity index is 1120. The second-order valence-corrected chi connectivity index (χ2v) is 9.05. The first-order chi connectivity index (χ1) is 15.3. The van der Waals surface area contributed by atoms with Crippen molar-refractivity contribution in [1.82, 2.24) is 9.73 Å². The first-order valence-electron chi connectivity index (χ1n) is 10.0. The standard InChI is InChI=1S/C22H24N4O5S/c1-16(24-25-22(27)17(2)31-20-7-3-18(15-23)4-8-20)19-5-9-21(10-6-19)32(28,29)26-11-13-30-14-12-26/h3-10,17H,11-14H2,1-2H3,(H,25,27)/b24-16+. The number of hydrogen-bond donors (Lipinski definition) is 1. The predicted molar refractivity (Wildman–Crippen MR) is 118 cm³/mol. The molecule has 32 heavy (non-hydrogen) atoms. The quantitative estimate of drug-likeness (QED) is 0.502. The number of hydrogen-bond acceptors (Lipinski definition) is 7. The smallest absolute Gasteiger partial charge is 0.280 e. The zero-order valence-corrected chi connectivity index (χ0v) is 18.6. The maximum Gasteiger partial charge on any atom is 0.280 e. The Morgan fingerprint density at radius 1 is 1.16 bits per heavy atom. The van der Waals surface area contributed by atoms with Gasteiger partial charge in [-0.1, -0.05) is 12.1 Å². The summed E-state index contributed by atoms with van der Waals surface area (Å²) >= 11 is 0. The van der Waals surface area contributed by atoms with Crippen LogP contribution in [-0.4, -0.2) is 56.7 Å². The van der Waals surface area contributed by atoms with E-state index in [2.05, 4.69) is 10.5 Å². The third-order valence-electron chi connectivity index (χ3n) is 4.88. The van der Waals surface area contributed by atoms with Gasteiger partial charge in [-0.2, -0.15) is 14.7 Å². The summed E-state index contributed by atoms with van der Waals surface area (Å²) in [5, 5.41) is 12.9. The summed E-state index contributed by atoms with van der Waals surface area (Å²) in [6, 6.07) is 14.8. The van der Waals surface area contributed by atoms with Gasteiger partial charge in [0.05, 0.1) is 35.5 Å². The summed E-state index contributed by atoms with van der Waals surface area (Å²) in [4.78, 5) is 12.5. The van der Waals surface area contributed by atoms with Gasteiger partial charge in [-0.05, 0) is 55.8 Å². The van der Waals surface area contributed by atoms with Crippen molar-refractivity contribution in [3.05, 3.63) is 59.7 Å². The number of carbonyl (C=O) groups is 1. The van der Waals surface area contributed by atoms with Gasteiger partial charge in [0, 0.05) is 13.1 Å². The zero-order chi connectivity index (χ0) is 23.1. The molecule has 0 spiro atoms. The van der Waals surface area contributed by atoms with Gasteiger partial charge in [0.2, 0.25) is 10.0 Å². The zero-order valence-electron chi connectivity index (χ0n) is 17.8. The molecule has 1 atom stereocenters. The maximum atomic E-state index is 12.7. The van der Waals surface area contributed by atoms with Gasteiger partial charge in [-0.25, -0.2) is 13.8 Å². The number of morpholine rings is 1. The van der Waals surface area contributed by atoms with Crippen LogP contribution >= 0.6 is 0 Å². The van der Waals surface area contributed by atoms with Crippen molar-refractivity contribution in [3.63, 3.8) is 0 Å². The van der Waals surface area contributed by atoms with Crippen molar-refractivity contribution < 1.29 is 22.7 Å². The topological polar surface area (TPSA) is 121 Å². The van der Waals surface area contributed by atoms with Crippen LogP contribution in [0.3, 0.4) is 0 Å². The predicted octanol–water partition coefficient (Wildman–Crippen LogP) is 1.89. The highest BCUT2D eigenvalue weighted by atomic mass is 32.2. The van der Waals surface area contributed by atoms with E-state index >= 15 is 0 Å². The Morgan fingerprint density at radius 2 is 1.78 bits per heavy atom. The van der Waals surface area contributed by atoms with E-state index in [0.717, 1.165) is 0 Å².